The van der Waals surface area contributed by atoms with Gasteiger partial charge in [0.1, 0.15) is 6.10 Å². The first-order chi connectivity index (χ1) is 8.74. The molecule has 0 radical (unpaired) electrons. The standard InChI is InChI=1S/C15H16O2S/c1-3-17-15(12-7-5-4-6-8-12)14(16)13-9-10-18-11(13)2/h4-10,15H,3H2,1-2H3. The molecule has 3 heteroatoms. The van der Waals surface area contributed by atoms with Gasteiger partial charge in [0, 0.05) is 17.0 Å². The van der Waals surface area contributed by atoms with Gasteiger partial charge in [0.05, 0.1) is 0 Å². The number of benzene rings is 1. The maximum Gasteiger partial charge on any atom is 0.197 e. The summed E-state index contributed by atoms with van der Waals surface area (Å²) < 4.78 is 5.62. The van der Waals surface area contributed by atoms with Crippen LogP contribution in [0.1, 0.15) is 33.8 Å². The highest BCUT2D eigenvalue weighted by Crippen LogP contribution is 2.26. The van der Waals surface area contributed by atoms with E-state index in [1.54, 1.807) is 11.3 Å². The van der Waals surface area contributed by atoms with E-state index < -0.39 is 6.10 Å². The number of ether oxygens (including phenoxy) is 1. The molecule has 0 spiro atoms. The summed E-state index contributed by atoms with van der Waals surface area (Å²) >= 11 is 1.59. The second-order valence-electron chi connectivity index (χ2n) is 4.00. The molecule has 0 aliphatic rings. The number of carbonyl (C=O) groups is 1. The van der Waals surface area contributed by atoms with Crippen molar-refractivity contribution in [2.75, 3.05) is 6.61 Å². The zero-order chi connectivity index (χ0) is 13.0. The molecule has 0 amide bonds. The SMILES string of the molecule is CCOC(C(=O)c1ccsc1C)c1ccccc1. The molecular formula is C15H16O2S. The van der Waals surface area contributed by atoms with Gasteiger partial charge in [0.15, 0.2) is 5.78 Å². The number of Topliss-reactive ketones (excluding diaryl/α,β-unsaturated/α-hetero) is 1. The average molecular weight is 260 g/mol. The minimum absolute atomic E-state index is 0.0433. The van der Waals surface area contributed by atoms with Gasteiger partial charge in [0.2, 0.25) is 0 Å². The van der Waals surface area contributed by atoms with Gasteiger partial charge >= 0.3 is 0 Å². The van der Waals surface area contributed by atoms with Crippen LogP contribution in [-0.2, 0) is 4.74 Å². The molecule has 0 N–H and O–H groups in total. The molecule has 0 saturated carbocycles. The molecule has 2 nitrogen and oxygen atoms in total. The largest absolute Gasteiger partial charge is 0.366 e. The molecule has 1 aromatic heterocycles. The molecule has 1 aromatic carbocycles. The van der Waals surface area contributed by atoms with Gasteiger partial charge < -0.3 is 4.74 Å². The van der Waals surface area contributed by atoms with Crippen LogP contribution < -0.4 is 0 Å². The highest BCUT2D eigenvalue weighted by atomic mass is 32.1. The fourth-order valence-electron chi connectivity index (χ4n) is 1.90. The molecule has 0 aliphatic carbocycles. The lowest BCUT2D eigenvalue weighted by molar-refractivity contribution is 0.0452. The van der Waals surface area contributed by atoms with E-state index in [4.69, 9.17) is 4.74 Å². The molecule has 18 heavy (non-hydrogen) atoms. The number of thiophene rings is 1. The van der Waals surface area contributed by atoms with Gasteiger partial charge in [-0.25, -0.2) is 0 Å². The van der Waals surface area contributed by atoms with Gasteiger partial charge in [-0.2, -0.15) is 0 Å². The van der Waals surface area contributed by atoms with Crippen molar-refractivity contribution in [3.8, 4) is 0 Å². The maximum atomic E-state index is 12.5. The third-order valence-corrected chi connectivity index (χ3v) is 3.64. The number of ketones is 1. The van der Waals surface area contributed by atoms with Crippen molar-refractivity contribution >= 4 is 17.1 Å². The number of hydrogen-bond donors (Lipinski definition) is 0. The summed E-state index contributed by atoms with van der Waals surface area (Å²) in [4.78, 5) is 13.5. The Bertz CT molecular complexity index is 516. The number of hydrogen-bond acceptors (Lipinski definition) is 3. The van der Waals surface area contributed by atoms with E-state index >= 15 is 0 Å². The van der Waals surface area contributed by atoms with Crippen LogP contribution in [0.5, 0.6) is 0 Å². The Labute approximate surface area is 111 Å². The lowest BCUT2D eigenvalue weighted by Crippen LogP contribution is -2.16. The molecule has 0 saturated heterocycles. The Kier molecular flexibility index (Phi) is 4.28. The van der Waals surface area contributed by atoms with Crippen LogP contribution in [0.3, 0.4) is 0 Å². The van der Waals surface area contributed by atoms with Crippen molar-refractivity contribution in [2.45, 2.75) is 20.0 Å². The lowest BCUT2D eigenvalue weighted by Gasteiger charge is -2.16. The monoisotopic (exact) mass is 260 g/mol. The molecule has 94 valence electrons. The fraction of sp³-hybridized carbons (Fsp3) is 0.267. The van der Waals surface area contributed by atoms with Gasteiger partial charge in [0.25, 0.3) is 0 Å². The van der Waals surface area contributed by atoms with Crippen molar-refractivity contribution in [3.05, 3.63) is 57.8 Å². The van der Waals surface area contributed by atoms with Crippen molar-refractivity contribution in [2.24, 2.45) is 0 Å². The minimum Gasteiger partial charge on any atom is -0.366 e. The van der Waals surface area contributed by atoms with Gasteiger partial charge in [-0.1, -0.05) is 30.3 Å². The average Bonchev–Trinajstić information content (AvgIpc) is 2.82. The topological polar surface area (TPSA) is 26.3 Å². The summed E-state index contributed by atoms with van der Waals surface area (Å²) in [7, 11) is 0. The molecule has 2 rings (SSSR count). The van der Waals surface area contributed by atoms with Crippen LogP contribution >= 0.6 is 11.3 Å². The molecule has 1 unspecified atom stereocenters. The summed E-state index contributed by atoms with van der Waals surface area (Å²) in [5, 5.41) is 1.94. The predicted octanol–water partition coefficient (Wildman–Crippen LogP) is 4.02. The van der Waals surface area contributed by atoms with Crippen LogP contribution in [0.4, 0.5) is 0 Å². The summed E-state index contributed by atoms with van der Waals surface area (Å²) in [6, 6.07) is 11.5. The summed E-state index contributed by atoms with van der Waals surface area (Å²) in [6.07, 6.45) is -0.496. The fourth-order valence-corrected chi connectivity index (χ4v) is 2.60. The molecule has 2 aromatic rings. The number of rotatable bonds is 5. The first-order valence-corrected chi connectivity index (χ1v) is 6.87. The predicted molar refractivity (Wildman–Crippen MR) is 74.2 cm³/mol. The van der Waals surface area contributed by atoms with Crippen LogP contribution in [-0.4, -0.2) is 12.4 Å². The summed E-state index contributed by atoms with van der Waals surface area (Å²) in [5.74, 6) is 0.0433. The quantitative estimate of drug-likeness (QED) is 0.759. The number of aryl methyl sites for hydroxylation is 1. The van der Waals surface area contributed by atoms with E-state index in [0.717, 1.165) is 16.0 Å². The summed E-state index contributed by atoms with van der Waals surface area (Å²) in [5.41, 5.74) is 1.68. The molecule has 1 atom stereocenters. The van der Waals surface area contributed by atoms with Crippen LogP contribution in [0, 0.1) is 6.92 Å². The second-order valence-corrected chi connectivity index (χ2v) is 5.12. The van der Waals surface area contributed by atoms with Gasteiger partial charge in [-0.3, -0.25) is 4.79 Å². The Morgan fingerprint density at radius 3 is 2.56 bits per heavy atom. The molecule has 1 heterocycles. The minimum atomic E-state index is -0.496. The van der Waals surface area contributed by atoms with E-state index in [9.17, 15) is 4.79 Å². The zero-order valence-electron chi connectivity index (χ0n) is 10.6. The van der Waals surface area contributed by atoms with Crippen molar-refractivity contribution in [3.63, 3.8) is 0 Å². The lowest BCUT2D eigenvalue weighted by atomic mass is 10.0. The van der Waals surface area contributed by atoms with E-state index in [1.807, 2.05) is 55.6 Å². The van der Waals surface area contributed by atoms with Crippen LogP contribution in [0.2, 0.25) is 0 Å². The first kappa shape index (κ1) is 13.0. The normalized spacial score (nSPS) is 12.3. The molecular weight excluding hydrogens is 244 g/mol. The van der Waals surface area contributed by atoms with E-state index in [2.05, 4.69) is 0 Å². The zero-order valence-corrected chi connectivity index (χ0v) is 11.4. The van der Waals surface area contributed by atoms with E-state index in [1.165, 1.54) is 0 Å². The Morgan fingerprint density at radius 1 is 1.28 bits per heavy atom. The van der Waals surface area contributed by atoms with Crippen molar-refractivity contribution in [1.29, 1.82) is 0 Å². The third kappa shape index (κ3) is 2.68. The summed E-state index contributed by atoms with van der Waals surface area (Å²) in [6.45, 7) is 4.39. The second kappa shape index (κ2) is 5.94. The Morgan fingerprint density at radius 2 is 2.00 bits per heavy atom. The Balaban J connectivity index is 2.32. The van der Waals surface area contributed by atoms with Crippen LogP contribution in [0.15, 0.2) is 41.8 Å². The van der Waals surface area contributed by atoms with E-state index in [0.29, 0.717) is 6.61 Å². The molecule has 0 fully saturated rings. The van der Waals surface area contributed by atoms with Gasteiger partial charge in [-0.15, -0.1) is 11.3 Å². The third-order valence-electron chi connectivity index (χ3n) is 2.80. The molecule has 0 bridgehead atoms. The van der Waals surface area contributed by atoms with Crippen molar-refractivity contribution in [1.82, 2.24) is 0 Å². The highest BCUT2D eigenvalue weighted by Gasteiger charge is 2.23. The van der Waals surface area contributed by atoms with Crippen LogP contribution in [0.25, 0.3) is 0 Å². The highest BCUT2D eigenvalue weighted by molar-refractivity contribution is 7.10. The van der Waals surface area contributed by atoms with Gasteiger partial charge in [-0.05, 0) is 30.9 Å². The maximum absolute atomic E-state index is 12.5. The van der Waals surface area contributed by atoms with E-state index in [-0.39, 0.29) is 5.78 Å². The smallest absolute Gasteiger partial charge is 0.197 e. The number of carbonyl (C=O) groups excluding carboxylic acids is 1. The Hall–Kier alpha value is -1.45. The molecule has 0 aliphatic heterocycles. The van der Waals surface area contributed by atoms with Crippen molar-refractivity contribution < 1.29 is 9.53 Å². The first-order valence-electron chi connectivity index (χ1n) is 5.99.